The molecule has 1 aliphatic rings. The highest BCUT2D eigenvalue weighted by Crippen LogP contribution is 2.17. The zero-order valence-corrected chi connectivity index (χ0v) is 17.6. The Balaban J connectivity index is 1.64. The first-order valence-electron chi connectivity index (χ1n) is 9.21. The Morgan fingerprint density at radius 3 is 2.55 bits per heavy atom. The van der Waals surface area contributed by atoms with Crippen LogP contribution in [0.3, 0.4) is 0 Å². The van der Waals surface area contributed by atoms with Gasteiger partial charge >= 0.3 is 0 Å². The fourth-order valence-corrected chi connectivity index (χ4v) is 4.89. The number of thioether (sulfide) groups is 1. The third-order valence-electron chi connectivity index (χ3n) is 4.49. The van der Waals surface area contributed by atoms with Gasteiger partial charge in [-0.3, -0.25) is 9.69 Å². The number of anilines is 1. The molecular formula is C21H23N3O3S2. The highest BCUT2D eigenvalue weighted by Gasteiger charge is 2.15. The zero-order chi connectivity index (χ0) is 20.7. The number of nitrogens with zero attached hydrogens (tertiary/aromatic N) is 1. The summed E-state index contributed by atoms with van der Waals surface area (Å²) in [6, 6.07) is 13.5. The van der Waals surface area contributed by atoms with Crippen LogP contribution in [0.2, 0.25) is 0 Å². The Morgan fingerprint density at radius 1 is 1.14 bits per heavy atom. The van der Waals surface area contributed by atoms with E-state index in [1.165, 1.54) is 24.3 Å². The third kappa shape index (κ3) is 6.08. The van der Waals surface area contributed by atoms with E-state index < -0.39 is 10.0 Å². The molecule has 0 unspecified atom stereocenters. The van der Waals surface area contributed by atoms with Gasteiger partial charge in [0, 0.05) is 42.4 Å². The average molecular weight is 430 g/mol. The lowest BCUT2D eigenvalue weighted by Crippen LogP contribution is -2.31. The van der Waals surface area contributed by atoms with Crippen molar-refractivity contribution in [1.82, 2.24) is 9.62 Å². The minimum atomic E-state index is -3.67. The lowest BCUT2D eigenvalue weighted by atomic mass is 10.1. The summed E-state index contributed by atoms with van der Waals surface area (Å²) in [5.41, 5.74) is 2.24. The van der Waals surface area contributed by atoms with Gasteiger partial charge in [-0.25, -0.2) is 8.42 Å². The fraction of sp³-hybridized carbons (Fsp3) is 0.286. The van der Waals surface area contributed by atoms with E-state index in [0.717, 1.165) is 36.7 Å². The van der Waals surface area contributed by atoms with Crippen LogP contribution in [0.5, 0.6) is 0 Å². The van der Waals surface area contributed by atoms with Crippen LogP contribution < -0.4 is 10.0 Å². The number of carbonyl (C=O) groups is 1. The molecule has 0 saturated carbocycles. The quantitative estimate of drug-likeness (QED) is 0.661. The molecule has 1 heterocycles. The van der Waals surface area contributed by atoms with E-state index in [2.05, 4.69) is 26.9 Å². The summed E-state index contributed by atoms with van der Waals surface area (Å²) >= 11 is 1.98. The Bertz CT molecular complexity index is 993. The summed E-state index contributed by atoms with van der Waals surface area (Å²) in [6.07, 6.45) is 5.08. The van der Waals surface area contributed by atoms with E-state index >= 15 is 0 Å². The Hall–Kier alpha value is -2.31. The second kappa shape index (κ2) is 9.94. The number of hydrogen-bond donors (Lipinski definition) is 2. The van der Waals surface area contributed by atoms with Gasteiger partial charge in [0.05, 0.1) is 11.4 Å². The van der Waals surface area contributed by atoms with Crippen molar-refractivity contribution in [2.45, 2.75) is 11.4 Å². The van der Waals surface area contributed by atoms with Gasteiger partial charge in [-0.2, -0.15) is 16.5 Å². The largest absolute Gasteiger partial charge is 0.322 e. The van der Waals surface area contributed by atoms with Crippen molar-refractivity contribution in [1.29, 1.82) is 0 Å². The molecule has 0 aliphatic carbocycles. The van der Waals surface area contributed by atoms with Crippen LogP contribution in [-0.4, -0.2) is 50.4 Å². The van der Waals surface area contributed by atoms with Gasteiger partial charge in [-0.15, -0.1) is 6.42 Å². The number of amides is 1. The molecule has 152 valence electrons. The lowest BCUT2D eigenvalue weighted by molar-refractivity contribution is 0.102. The van der Waals surface area contributed by atoms with E-state index in [4.69, 9.17) is 6.42 Å². The van der Waals surface area contributed by atoms with Crippen molar-refractivity contribution < 1.29 is 13.2 Å². The SMILES string of the molecule is C#CCNS(=O)(=O)c1ccc(C(=O)Nc2cccc(CN3CCSCC3)c2)cc1. The van der Waals surface area contributed by atoms with E-state index in [9.17, 15) is 13.2 Å². The number of rotatable bonds is 7. The van der Waals surface area contributed by atoms with Crippen molar-refractivity contribution in [3.63, 3.8) is 0 Å². The van der Waals surface area contributed by atoms with Crippen molar-refractivity contribution in [2.75, 3.05) is 36.5 Å². The van der Waals surface area contributed by atoms with Crippen LogP contribution in [0.4, 0.5) is 5.69 Å². The number of carbonyl (C=O) groups excluding carboxylic acids is 1. The molecule has 1 fully saturated rings. The van der Waals surface area contributed by atoms with Crippen molar-refractivity contribution >= 4 is 33.4 Å². The Kier molecular flexibility index (Phi) is 7.34. The maximum Gasteiger partial charge on any atom is 0.255 e. The summed E-state index contributed by atoms with van der Waals surface area (Å²) < 4.78 is 26.4. The smallest absolute Gasteiger partial charge is 0.255 e. The minimum absolute atomic E-state index is 0.0611. The molecular weight excluding hydrogens is 406 g/mol. The van der Waals surface area contributed by atoms with Gasteiger partial charge in [0.2, 0.25) is 10.0 Å². The summed E-state index contributed by atoms with van der Waals surface area (Å²) in [5, 5.41) is 2.88. The van der Waals surface area contributed by atoms with Crippen LogP contribution in [0.1, 0.15) is 15.9 Å². The summed E-state index contributed by atoms with van der Waals surface area (Å²) in [6.45, 7) is 2.93. The first-order valence-corrected chi connectivity index (χ1v) is 11.9. The number of hydrogen-bond acceptors (Lipinski definition) is 5. The summed E-state index contributed by atoms with van der Waals surface area (Å²) in [4.78, 5) is 15.0. The number of nitrogens with one attached hydrogen (secondary N) is 2. The topological polar surface area (TPSA) is 78.5 Å². The molecule has 8 heteroatoms. The maximum atomic E-state index is 12.5. The van der Waals surface area contributed by atoms with Gasteiger partial charge in [-0.1, -0.05) is 18.1 Å². The average Bonchev–Trinajstić information content (AvgIpc) is 2.73. The number of benzene rings is 2. The van der Waals surface area contributed by atoms with Crippen LogP contribution in [0, 0.1) is 12.3 Å². The molecule has 0 bridgehead atoms. The maximum absolute atomic E-state index is 12.5. The van der Waals surface area contributed by atoms with E-state index in [0.29, 0.717) is 11.3 Å². The zero-order valence-electron chi connectivity index (χ0n) is 15.9. The summed E-state index contributed by atoms with van der Waals surface area (Å²) in [7, 11) is -3.67. The fourth-order valence-electron chi connectivity index (χ4n) is 2.97. The lowest BCUT2D eigenvalue weighted by Gasteiger charge is -2.26. The Labute approximate surface area is 176 Å². The molecule has 2 N–H and O–H groups in total. The second-order valence-corrected chi connectivity index (χ2v) is 9.59. The minimum Gasteiger partial charge on any atom is -0.322 e. The van der Waals surface area contributed by atoms with Gasteiger partial charge in [0.25, 0.3) is 5.91 Å². The first kappa shape index (κ1) is 21.4. The predicted molar refractivity (Wildman–Crippen MR) is 117 cm³/mol. The van der Waals surface area contributed by atoms with Crippen LogP contribution in [0.25, 0.3) is 0 Å². The molecule has 1 aliphatic heterocycles. The van der Waals surface area contributed by atoms with Crippen molar-refractivity contribution in [3.05, 3.63) is 59.7 Å². The van der Waals surface area contributed by atoms with Crippen molar-refractivity contribution in [2.24, 2.45) is 0 Å². The first-order chi connectivity index (χ1) is 14.0. The van der Waals surface area contributed by atoms with Gasteiger partial charge < -0.3 is 5.32 Å². The van der Waals surface area contributed by atoms with Gasteiger partial charge in [0.1, 0.15) is 0 Å². The molecule has 29 heavy (non-hydrogen) atoms. The number of sulfonamides is 1. The second-order valence-electron chi connectivity index (χ2n) is 6.60. The van der Waals surface area contributed by atoms with E-state index in [1.54, 1.807) is 0 Å². The highest BCUT2D eigenvalue weighted by molar-refractivity contribution is 7.99. The molecule has 0 spiro atoms. The highest BCUT2D eigenvalue weighted by atomic mass is 32.2. The summed E-state index contributed by atoms with van der Waals surface area (Å²) in [5.74, 6) is 4.23. The van der Waals surface area contributed by atoms with E-state index in [-0.39, 0.29) is 17.3 Å². The molecule has 1 saturated heterocycles. The molecule has 3 rings (SSSR count). The van der Waals surface area contributed by atoms with E-state index in [1.807, 2.05) is 30.0 Å². The molecule has 0 radical (unpaired) electrons. The molecule has 1 amide bonds. The normalized spacial score (nSPS) is 14.9. The van der Waals surface area contributed by atoms with Crippen LogP contribution >= 0.6 is 11.8 Å². The molecule has 6 nitrogen and oxygen atoms in total. The monoisotopic (exact) mass is 429 g/mol. The predicted octanol–water partition coefficient (Wildman–Crippen LogP) is 2.40. The van der Waals surface area contributed by atoms with Gasteiger partial charge in [-0.05, 0) is 42.0 Å². The molecule has 0 atom stereocenters. The molecule has 2 aromatic rings. The standard InChI is InChI=1S/C21H23N3O3S2/c1-2-10-22-29(26,27)20-8-6-18(7-9-20)21(25)23-19-5-3-4-17(15-19)16-24-11-13-28-14-12-24/h1,3-9,15,22H,10-14,16H2,(H,23,25). The van der Waals surface area contributed by atoms with Crippen molar-refractivity contribution in [3.8, 4) is 12.3 Å². The third-order valence-corrected chi connectivity index (χ3v) is 6.85. The van der Waals surface area contributed by atoms with Crippen LogP contribution in [0.15, 0.2) is 53.4 Å². The molecule has 2 aromatic carbocycles. The number of terminal acetylenes is 1. The van der Waals surface area contributed by atoms with Crippen LogP contribution in [-0.2, 0) is 16.6 Å². The molecule has 0 aromatic heterocycles. The van der Waals surface area contributed by atoms with Gasteiger partial charge in [0.15, 0.2) is 0 Å². The Morgan fingerprint density at radius 2 is 1.86 bits per heavy atom.